The lowest BCUT2D eigenvalue weighted by Crippen LogP contribution is -2.26. The number of benzene rings is 7. The highest BCUT2D eigenvalue weighted by molar-refractivity contribution is 5.69. The summed E-state index contributed by atoms with van der Waals surface area (Å²) in [5.41, 5.74) is 23.0. The topological polar surface area (TPSA) is 137 Å². The Morgan fingerprint density at radius 2 is 0.539 bits per heavy atom. The second kappa shape index (κ2) is 20.7. The van der Waals surface area contributed by atoms with Gasteiger partial charge in [0, 0.05) is 17.8 Å². The van der Waals surface area contributed by atoms with Crippen LogP contribution in [-0.2, 0) is 4.74 Å². The quantitative estimate of drug-likeness (QED) is 0.0519. The summed E-state index contributed by atoms with van der Waals surface area (Å²) in [6.45, 7) is 41.3. The molecule has 8 nitrogen and oxygen atoms in total. The van der Waals surface area contributed by atoms with Crippen LogP contribution in [0.25, 0.3) is 0 Å². The van der Waals surface area contributed by atoms with Gasteiger partial charge >= 0.3 is 6.16 Å². The normalized spacial score (nSPS) is 12.2. The van der Waals surface area contributed by atoms with E-state index in [2.05, 4.69) is 96.1 Å². The summed E-state index contributed by atoms with van der Waals surface area (Å²) < 4.78 is 11.7. The minimum atomic E-state index is -0.785. The number of rotatable bonds is 10. The molecule has 0 spiro atoms. The van der Waals surface area contributed by atoms with Crippen molar-refractivity contribution >= 4 is 6.16 Å². The molecule has 0 aromatic heterocycles. The first-order valence-corrected chi connectivity index (χ1v) is 26.4. The summed E-state index contributed by atoms with van der Waals surface area (Å²) in [5, 5.41) is 57.5. The first kappa shape index (κ1) is 56.5. The first-order valence-electron chi connectivity index (χ1n) is 26.4. The average molecular weight is 1030 g/mol. The van der Waals surface area contributed by atoms with Crippen LogP contribution in [0, 0.1) is 125 Å². The molecule has 400 valence electrons. The van der Waals surface area contributed by atoms with Crippen LogP contribution in [0.2, 0.25) is 0 Å². The van der Waals surface area contributed by atoms with E-state index in [-0.39, 0.29) is 28.7 Å². The third-order valence-electron chi connectivity index (χ3n) is 17.0. The Balaban J connectivity index is 1.75. The van der Waals surface area contributed by atoms with Crippen LogP contribution in [0.5, 0.6) is 34.5 Å². The van der Waals surface area contributed by atoms with Gasteiger partial charge in [0.05, 0.1) is 0 Å². The Hall–Kier alpha value is -7.19. The number of ether oxygens (including phenoxy) is 2. The fourth-order valence-corrected chi connectivity index (χ4v) is 11.7. The van der Waals surface area contributed by atoms with Crippen molar-refractivity contribution in [2.24, 2.45) is 0 Å². The second-order valence-electron chi connectivity index (χ2n) is 23.1. The van der Waals surface area contributed by atoms with Crippen LogP contribution in [0.3, 0.4) is 0 Å². The van der Waals surface area contributed by atoms with Gasteiger partial charge in [0.1, 0.15) is 40.1 Å². The highest BCUT2D eigenvalue weighted by Crippen LogP contribution is 2.50. The third-order valence-corrected chi connectivity index (χ3v) is 17.0. The summed E-state index contributed by atoms with van der Waals surface area (Å²) in [5.74, 6) is 0.355. The lowest BCUT2D eigenvalue weighted by Gasteiger charge is -2.32. The van der Waals surface area contributed by atoms with E-state index in [0.717, 1.165) is 150 Å². The van der Waals surface area contributed by atoms with Crippen LogP contribution in [-0.4, -0.2) is 37.3 Å². The van der Waals surface area contributed by atoms with E-state index in [1.54, 1.807) is 0 Å². The zero-order valence-corrected chi connectivity index (χ0v) is 48.9. The number of phenolic OH excluding ortho intramolecular Hbond substituents is 5. The maximum atomic E-state index is 13.3. The molecule has 5 N–H and O–H groups in total. The smallest absolute Gasteiger partial charge is 0.507 e. The molecule has 0 saturated carbocycles. The predicted octanol–water partition coefficient (Wildman–Crippen LogP) is 16.6. The monoisotopic (exact) mass is 1020 g/mol. The van der Waals surface area contributed by atoms with Crippen molar-refractivity contribution in [1.82, 2.24) is 0 Å². The summed E-state index contributed by atoms with van der Waals surface area (Å²) in [4.78, 5) is 13.3. The molecule has 0 bridgehead atoms. The molecule has 0 fully saturated rings. The molecule has 8 heteroatoms. The number of carbonyl (C=O) groups is 1. The Morgan fingerprint density at radius 1 is 0.329 bits per heavy atom. The number of aryl methyl sites for hydroxylation is 6. The summed E-state index contributed by atoms with van der Waals surface area (Å²) in [7, 11) is 0. The Kier molecular flexibility index (Phi) is 15.4. The van der Waals surface area contributed by atoms with Gasteiger partial charge in [-0.05, 0) is 296 Å². The molecule has 0 aliphatic heterocycles. The van der Waals surface area contributed by atoms with Crippen LogP contribution in [0.1, 0.15) is 189 Å². The van der Waals surface area contributed by atoms with E-state index < -0.39 is 29.5 Å². The van der Waals surface area contributed by atoms with E-state index in [1.165, 1.54) is 0 Å². The lowest BCUT2D eigenvalue weighted by molar-refractivity contribution is 0.0203. The Labute approximate surface area is 452 Å². The first-order chi connectivity index (χ1) is 35.3. The van der Waals surface area contributed by atoms with Crippen molar-refractivity contribution in [3.63, 3.8) is 0 Å². The number of hydrogen-bond acceptors (Lipinski definition) is 8. The molecular weight excluding hydrogens is 945 g/mol. The average Bonchev–Trinajstić information content (AvgIpc) is 3.35. The SMILES string of the molecule is Cc1cc(C(c2cc(C(c3cc(C)c(O)c(C)c3C)c3cc(C)c(O)c(C)c3C)cc(C(c3cc(C)c(O)c(C)c3C)c3cc(C)c(OC(=O)OC(C)(C)C)c(C)c3C)c2)c2cc(C)c(O)c(C)c2C)c(C)c(C)c1O. The number of phenols is 5. The van der Waals surface area contributed by atoms with Crippen LogP contribution in [0.4, 0.5) is 4.79 Å². The zero-order chi connectivity index (χ0) is 56.6. The molecule has 0 saturated heterocycles. The minimum absolute atomic E-state index is 0.240. The van der Waals surface area contributed by atoms with Crippen molar-refractivity contribution < 1.29 is 39.8 Å². The summed E-state index contributed by atoms with van der Waals surface area (Å²) in [6, 6.07) is 19.6. The highest BCUT2D eigenvalue weighted by Gasteiger charge is 2.34. The second-order valence-corrected chi connectivity index (χ2v) is 23.1. The minimum Gasteiger partial charge on any atom is -0.507 e. The molecule has 0 amide bonds. The molecule has 0 aliphatic carbocycles. The van der Waals surface area contributed by atoms with Gasteiger partial charge in [-0.2, -0.15) is 0 Å². The molecular formula is C68H80O8. The third kappa shape index (κ3) is 10.0. The van der Waals surface area contributed by atoms with E-state index in [0.29, 0.717) is 5.75 Å². The van der Waals surface area contributed by atoms with Crippen molar-refractivity contribution in [2.75, 3.05) is 0 Å². The fourth-order valence-electron chi connectivity index (χ4n) is 11.7. The van der Waals surface area contributed by atoms with Gasteiger partial charge < -0.3 is 35.0 Å². The van der Waals surface area contributed by atoms with Crippen molar-refractivity contribution in [3.8, 4) is 34.5 Å². The van der Waals surface area contributed by atoms with Crippen molar-refractivity contribution in [2.45, 2.75) is 169 Å². The molecule has 7 aromatic carbocycles. The fraction of sp³-hybridized carbons (Fsp3) is 0.368. The molecule has 7 aromatic rings. The molecule has 76 heavy (non-hydrogen) atoms. The molecule has 0 heterocycles. The van der Waals surface area contributed by atoms with Crippen molar-refractivity contribution in [1.29, 1.82) is 0 Å². The largest absolute Gasteiger partial charge is 0.514 e. The van der Waals surface area contributed by atoms with E-state index in [4.69, 9.17) is 9.47 Å². The maximum absolute atomic E-state index is 13.3. The molecule has 1 atom stereocenters. The number of hydrogen-bond donors (Lipinski definition) is 5. The Morgan fingerprint density at radius 3 is 0.763 bits per heavy atom. The highest BCUT2D eigenvalue weighted by atomic mass is 16.7. The Bertz CT molecular complexity index is 3250. The predicted molar refractivity (Wildman–Crippen MR) is 308 cm³/mol. The van der Waals surface area contributed by atoms with Crippen LogP contribution in [0.15, 0.2) is 54.6 Å². The maximum Gasteiger partial charge on any atom is 0.514 e. The molecule has 1 unspecified atom stereocenters. The van der Waals surface area contributed by atoms with Gasteiger partial charge in [-0.25, -0.2) is 4.79 Å². The van der Waals surface area contributed by atoms with Crippen LogP contribution >= 0.6 is 0 Å². The zero-order valence-electron chi connectivity index (χ0n) is 48.9. The van der Waals surface area contributed by atoms with Gasteiger partial charge in [0.2, 0.25) is 0 Å². The standard InChI is InChI=1S/C68H80O8/c1-31-22-52(37(7)43(13)61(31)69)58(53-23-32(2)62(70)44(14)38(53)8)49-28-50(59(54-24-33(3)63(71)45(15)39(54)9)55-25-34(4)64(72)46(16)40(55)10)30-51(29-49)60(56-26-35(5)65(73)47(17)41(56)11)57-27-36(6)66(48(18)42(57)12)75-67(74)76-68(19,20)21/h22-30,58-60,69-73H,1-21H3. The summed E-state index contributed by atoms with van der Waals surface area (Å²) >= 11 is 0. The lowest BCUT2D eigenvalue weighted by atomic mass is 9.72. The molecule has 0 aliphatic rings. The molecule has 7 rings (SSSR count). The van der Waals surface area contributed by atoms with Gasteiger partial charge in [-0.3, -0.25) is 0 Å². The van der Waals surface area contributed by atoms with E-state index in [1.807, 2.05) is 104 Å². The van der Waals surface area contributed by atoms with Gasteiger partial charge in [0.25, 0.3) is 0 Å². The van der Waals surface area contributed by atoms with E-state index in [9.17, 15) is 30.3 Å². The van der Waals surface area contributed by atoms with Gasteiger partial charge in [-0.1, -0.05) is 54.6 Å². The van der Waals surface area contributed by atoms with Crippen molar-refractivity contribution in [3.05, 3.63) is 205 Å². The summed E-state index contributed by atoms with van der Waals surface area (Å²) in [6.07, 6.45) is -0.785. The number of aromatic hydroxyl groups is 5. The van der Waals surface area contributed by atoms with Crippen LogP contribution < -0.4 is 4.74 Å². The van der Waals surface area contributed by atoms with E-state index >= 15 is 0 Å². The van der Waals surface area contributed by atoms with Gasteiger partial charge in [0.15, 0.2) is 0 Å². The molecule has 0 radical (unpaired) electrons. The number of carbonyl (C=O) groups excluding carboxylic acids is 1. The van der Waals surface area contributed by atoms with Gasteiger partial charge in [-0.15, -0.1) is 0 Å².